The van der Waals surface area contributed by atoms with E-state index in [1.54, 1.807) is 0 Å². The van der Waals surface area contributed by atoms with Crippen molar-refractivity contribution in [1.29, 1.82) is 5.26 Å². The van der Waals surface area contributed by atoms with E-state index in [0.29, 0.717) is 12.8 Å². The number of carboxylic acid groups (broad SMARTS) is 1. The number of hydrogen-bond donors (Lipinski definition) is 2. The van der Waals surface area contributed by atoms with Crippen molar-refractivity contribution in [2.24, 2.45) is 0 Å². The second kappa shape index (κ2) is 16.8. The van der Waals surface area contributed by atoms with Gasteiger partial charge in [0.1, 0.15) is 5.25 Å². The maximum atomic E-state index is 10.3. The fourth-order valence-corrected chi connectivity index (χ4v) is 1.21. The van der Waals surface area contributed by atoms with Crippen molar-refractivity contribution in [3.63, 3.8) is 0 Å². The molecule has 0 aliphatic heterocycles. The van der Waals surface area contributed by atoms with Crippen LogP contribution in [0.5, 0.6) is 0 Å². The molecule has 0 radical (unpaired) electrons. The number of carboxylic acids is 1. The van der Waals surface area contributed by atoms with Gasteiger partial charge in [0, 0.05) is 32.5 Å². The molecule has 6 heteroatoms. The first-order chi connectivity index (χ1) is 9.99. The Kier molecular flexibility index (Phi) is 17.7. The van der Waals surface area contributed by atoms with Crippen LogP contribution in [0.1, 0.15) is 46.5 Å². The highest BCUT2D eigenvalue weighted by Gasteiger charge is 2.08. The molecule has 0 rings (SSSR count). The molecule has 0 amide bonds. The smallest absolute Gasteiger partial charge is 0.317 e. The normalized spacial score (nSPS) is 10.7. The molecule has 0 saturated carbocycles. The van der Waals surface area contributed by atoms with E-state index in [1.807, 2.05) is 26.8 Å². The maximum absolute atomic E-state index is 10.3. The average Bonchev–Trinajstić information content (AvgIpc) is 2.43. The average molecular weight is 315 g/mol. The second-order valence-electron chi connectivity index (χ2n) is 3.90. The number of aliphatic carboxylic acids is 1. The van der Waals surface area contributed by atoms with Crippen molar-refractivity contribution in [1.82, 2.24) is 0 Å². The number of nitrogens with zero attached hydrogens (tertiary/aromatic N) is 1. The highest BCUT2D eigenvalue weighted by Crippen LogP contribution is 1.99. The molecule has 0 aliphatic rings. The van der Waals surface area contributed by atoms with Crippen molar-refractivity contribution in [3.05, 3.63) is 0 Å². The third kappa shape index (κ3) is 18.8. The van der Waals surface area contributed by atoms with Crippen LogP contribution in [0.25, 0.3) is 0 Å². The zero-order valence-electron chi connectivity index (χ0n) is 13.0. The van der Waals surface area contributed by atoms with Gasteiger partial charge in [-0.05, 0) is 27.2 Å². The Bertz CT molecular complexity index is 351. The predicted molar refractivity (Wildman–Crippen MR) is 85.0 cm³/mol. The molecule has 5 nitrogen and oxygen atoms in total. The first-order valence-corrected chi connectivity index (χ1v) is 7.47. The molecule has 21 heavy (non-hydrogen) atoms. The summed E-state index contributed by atoms with van der Waals surface area (Å²) in [5.41, 5.74) is 0. The van der Waals surface area contributed by atoms with Crippen LogP contribution in [0.15, 0.2) is 0 Å². The summed E-state index contributed by atoms with van der Waals surface area (Å²) in [5, 5.41) is 15.9. The van der Waals surface area contributed by atoms with E-state index in [2.05, 4.69) is 24.5 Å². The van der Waals surface area contributed by atoms with Gasteiger partial charge in [0.15, 0.2) is 6.29 Å². The molecule has 0 bridgehead atoms. The topological polar surface area (TPSA) is 79.5 Å². The summed E-state index contributed by atoms with van der Waals surface area (Å²) >= 11 is 3.81. The summed E-state index contributed by atoms with van der Waals surface area (Å²) in [4.78, 5) is 10.3. The van der Waals surface area contributed by atoms with Crippen LogP contribution in [0, 0.1) is 23.2 Å². The Morgan fingerprint density at radius 1 is 1.24 bits per heavy atom. The zero-order valence-corrected chi connectivity index (χ0v) is 13.9. The zero-order chi connectivity index (χ0) is 16.5. The Morgan fingerprint density at radius 2 is 1.81 bits per heavy atom. The Morgan fingerprint density at radius 3 is 2.24 bits per heavy atom. The van der Waals surface area contributed by atoms with Crippen LogP contribution < -0.4 is 0 Å². The van der Waals surface area contributed by atoms with Gasteiger partial charge in [-0.25, -0.2) is 0 Å². The standard InChI is InChI=1S/C9H11NO2S.C6H14O2/c10-7-5-3-1-2-4-6-8(13)9(11)12;1-4-7-6(3)8-5-2/h8,13H,1,3,5-6H2,(H,11,12);6H,4-5H2,1-3H3. The molecular weight excluding hydrogens is 290 g/mol. The van der Waals surface area contributed by atoms with Gasteiger partial charge in [-0.1, -0.05) is 0 Å². The number of rotatable bonds is 8. The van der Waals surface area contributed by atoms with Gasteiger partial charge in [-0.2, -0.15) is 17.9 Å². The monoisotopic (exact) mass is 315 g/mol. The minimum atomic E-state index is -0.949. The fourth-order valence-electron chi connectivity index (χ4n) is 1.12. The van der Waals surface area contributed by atoms with Crippen molar-refractivity contribution in [3.8, 4) is 17.9 Å². The molecule has 1 N–H and O–H groups in total. The molecule has 0 fully saturated rings. The summed E-state index contributed by atoms with van der Waals surface area (Å²) < 4.78 is 10.1. The Balaban J connectivity index is 0. The van der Waals surface area contributed by atoms with Gasteiger partial charge in [-0.15, -0.1) is 11.8 Å². The van der Waals surface area contributed by atoms with E-state index in [4.69, 9.17) is 19.8 Å². The highest BCUT2D eigenvalue weighted by atomic mass is 32.1. The van der Waals surface area contributed by atoms with Crippen LogP contribution in [0.4, 0.5) is 0 Å². The summed E-state index contributed by atoms with van der Waals surface area (Å²) in [6, 6.07) is 2.01. The number of nitriles is 1. The summed E-state index contributed by atoms with van der Waals surface area (Å²) in [7, 11) is 0. The second-order valence-corrected chi connectivity index (χ2v) is 4.53. The van der Waals surface area contributed by atoms with Gasteiger partial charge >= 0.3 is 5.97 Å². The Hall–Kier alpha value is -1.21. The van der Waals surface area contributed by atoms with E-state index in [-0.39, 0.29) is 12.7 Å². The maximum Gasteiger partial charge on any atom is 0.317 e. The molecule has 0 aliphatic carbocycles. The number of hydrogen-bond acceptors (Lipinski definition) is 5. The van der Waals surface area contributed by atoms with Gasteiger partial charge in [0.05, 0.1) is 6.07 Å². The fraction of sp³-hybridized carbons (Fsp3) is 0.733. The lowest BCUT2D eigenvalue weighted by Crippen LogP contribution is -2.11. The highest BCUT2D eigenvalue weighted by molar-refractivity contribution is 7.81. The molecule has 0 aromatic rings. The lowest BCUT2D eigenvalue weighted by molar-refractivity contribution is -0.136. The molecule has 120 valence electrons. The van der Waals surface area contributed by atoms with E-state index in [1.165, 1.54) is 0 Å². The number of unbranched alkanes of at least 4 members (excludes halogenated alkanes) is 2. The summed E-state index contributed by atoms with van der Waals surface area (Å²) in [5.74, 6) is 4.55. The molecule has 0 spiro atoms. The summed E-state index contributed by atoms with van der Waals surface area (Å²) in [6.45, 7) is 7.25. The SMILES string of the molecule is CCOC(C)OCC.N#CCCCC#CCC(S)C(=O)O. The molecule has 0 saturated heterocycles. The van der Waals surface area contributed by atoms with Crippen LogP contribution >= 0.6 is 12.6 Å². The lowest BCUT2D eigenvalue weighted by Gasteiger charge is -2.09. The first kappa shape index (κ1) is 22.1. The number of carbonyl (C=O) groups is 1. The summed E-state index contributed by atoms with van der Waals surface area (Å²) in [6.07, 6.45) is 2.11. The largest absolute Gasteiger partial charge is 0.480 e. The van der Waals surface area contributed by atoms with E-state index in [9.17, 15) is 4.79 Å². The molecule has 0 heterocycles. The first-order valence-electron chi connectivity index (χ1n) is 6.96. The Labute approximate surface area is 133 Å². The van der Waals surface area contributed by atoms with Gasteiger partial charge in [-0.3, -0.25) is 4.79 Å². The van der Waals surface area contributed by atoms with E-state index < -0.39 is 11.2 Å². The van der Waals surface area contributed by atoms with Crippen LogP contribution in [0.2, 0.25) is 0 Å². The molecule has 1 atom stereocenters. The van der Waals surface area contributed by atoms with Crippen LogP contribution in [-0.4, -0.2) is 35.8 Å². The van der Waals surface area contributed by atoms with Crippen molar-refractivity contribution in [2.75, 3.05) is 13.2 Å². The minimum Gasteiger partial charge on any atom is -0.480 e. The van der Waals surface area contributed by atoms with Crippen molar-refractivity contribution in [2.45, 2.75) is 58.0 Å². The lowest BCUT2D eigenvalue weighted by atomic mass is 10.2. The number of ether oxygens (including phenoxy) is 2. The molecular formula is C15H25NO4S. The molecule has 1 unspecified atom stereocenters. The number of thiol groups is 1. The third-order valence-electron chi connectivity index (χ3n) is 2.10. The molecule has 0 aromatic carbocycles. The van der Waals surface area contributed by atoms with Crippen LogP contribution in [0.3, 0.4) is 0 Å². The van der Waals surface area contributed by atoms with Crippen molar-refractivity contribution < 1.29 is 19.4 Å². The molecule has 0 aromatic heterocycles. The van der Waals surface area contributed by atoms with Gasteiger partial charge in [0.2, 0.25) is 0 Å². The van der Waals surface area contributed by atoms with E-state index in [0.717, 1.165) is 19.6 Å². The third-order valence-corrected chi connectivity index (χ3v) is 2.50. The van der Waals surface area contributed by atoms with E-state index >= 15 is 0 Å². The van der Waals surface area contributed by atoms with Gasteiger partial charge < -0.3 is 14.6 Å². The van der Waals surface area contributed by atoms with Crippen LogP contribution in [-0.2, 0) is 14.3 Å². The predicted octanol–water partition coefficient (Wildman–Crippen LogP) is 2.86. The quantitative estimate of drug-likeness (QED) is 0.312. The van der Waals surface area contributed by atoms with Gasteiger partial charge in [0.25, 0.3) is 0 Å². The minimum absolute atomic E-state index is 0.0370. The van der Waals surface area contributed by atoms with Crippen molar-refractivity contribution >= 4 is 18.6 Å².